The number of hydrogen-bond donors (Lipinski definition) is 0. The first-order chi connectivity index (χ1) is 5.77. The maximum Gasteiger partial charge on any atom is 0.162 e. The third-order valence-electron chi connectivity index (χ3n) is 2.63. The molecule has 62 valence electrons. The summed E-state index contributed by atoms with van der Waals surface area (Å²) in [6, 6.07) is 0. The van der Waals surface area contributed by atoms with Crippen LogP contribution in [-0.4, -0.2) is 5.78 Å². The predicted molar refractivity (Wildman–Crippen MR) is 48.6 cm³/mol. The monoisotopic (exact) mass is 160 g/mol. The van der Waals surface area contributed by atoms with Crippen LogP contribution in [0.5, 0.6) is 0 Å². The smallest absolute Gasteiger partial charge is 0.162 e. The van der Waals surface area contributed by atoms with Gasteiger partial charge in [-0.05, 0) is 25.3 Å². The van der Waals surface area contributed by atoms with Crippen molar-refractivity contribution in [1.82, 2.24) is 0 Å². The number of ketones is 1. The van der Waals surface area contributed by atoms with E-state index in [0.29, 0.717) is 5.92 Å². The maximum atomic E-state index is 11.4. The maximum absolute atomic E-state index is 11.4. The molecule has 0 aliphatic heterocycles. The summed E-state index contributed by atoms with van der Waals surface area (Å²) in [5.41, 5.74) is 1.20. The standard InChI is InChI=1S/C11H12O/c1-8-6-11(12)10-5-3-2-4-9(8)7-10/h2-6,9-10H,7H2,1H3. The van der Waals surface area contributed by atoms with Crippen molar-refractivity contribution in [3.63, 3.8) is 0 Å². The molecule has 12 heavy (non-hydrogen) atoms. The fourth-order valence-corrected chi connectivity index (χ4v) is 1.81. The highest BCUT2D eigenvalue weighted by Crippen LogP contribution is 2.30. The Morgan fingerprint density at radius 3 is 2.67 bits per heavy atom. The van der Waals surface area contributed by atoms with Crippen molar-refractivity contribution in [2.24, 2.45) is 11.8 Å². The third kappa shape index (κ3) is 1.15. The van der Waals surface area contributed by atoms with Crippen molar-refractivity contribution in [2.75, 3.05) is 0 Å². The summed E-state index contributed by atoms with van der Waals surface area (Å²) >= 11 is 0. The van der Waals surface area contributed by atoms with Gasteiger partial charge in [-0.1, -0.05) is 29.9 Å². The molecule has 0 aromatic rings. The van der Waals surface area contributed by atoms with E-state index in [1.165, 1.54) is 5.57 Å². The van der Waals surface area contributed by atoms with Crippen molar-refractivity contribution >= 4 is 5.78 Å². The van der Waals surface area contributed by atoms with Crippen LogP contribution in [0.15, 0.2) is 36.0 Å². The minimum absolute atomic E-state index is 0.133. The Labute approximate surface area is 72.5 Å². The van der Waals surface area contributed by atoms with Gasteiger partial charge in [-0.2, -0.15) is 0 Å². The topological polar surface area (TPSA) is 17.1 Å². The molecule has 0 radical (unpaired) electrons. The second kappa shape index (κ2) is 2.74. The van der Waals surface area contributed by atoms with Gasteiger partial charge in [0.2, 0.25) is 0 Å². The zero-order valence-corrected chi connectivity index (χ0v) is 7.16. The third-order valence-corrected chi connectivity index (χ3v) is 2.63. The average Bonchev–Trinajstić information content (AvgIpc) is 2.24. The predicted octanol–water partition coefficient (Wildman–Crippen LogP) is 2.26. The Morgan fingerprint density at radius 1 is 1.25 bits per heavy atom. The van der Waals surface area contributed by atoms with Gasteiger partial charge in [0.1, 0.15) is 0 Å². The molecule has 0 aromatic heterocycles. The lowest BCUT2D eigenvalue weighted by Gasteiger charge is -2.21. The molecule has 1 nitrogen and oxygen atoms in total. The first-order valence-corrected chi connectivity index (χ1v) is 4.34. The zero-order chi connectivity index (χ0) is 8.55. The molecule has 2 unspecified atom stereocenters. The Morgan fingerprint density at radius 2 is 1.92 bits per heavy atom. The van der Waals surface area contributed by atoms with Crippen LogP contribution in [0, 0.1) is 11.8 Å². The van der Waals surface area contributed by atoms with E-state index in [0.717, 1.165) is 6.42 Å². The van der Waals surface area contributed by atoms with Crippen LogP contribution >= 0.6 is 0 Å². The van der Waals surface area contributed by atoms with E-state index in [9.17, 15) is 4.79 Å². The average molecular weight is 160 g/mol. The van der Waals surface area contributed by atoms with E-state index in [1.807, 2.05) is 25.2 Å². The molecule has 0 aromatic carbocycles. The summed E-state index contributed by atoms with van der Waals surface area (Å²) < 4.78 is 0. The normalized spacial score (nSPS) is 33.1. The fourth-order valence-electron chi connectivity index (χ4n) is 1.81. The van der Waals surface area contributed by atoms with Gasteiger partial charge >= 0.3 is 0 Å². The molecule has 2 atom stereocenters. The van der Waals surface area contributed by atoms with Crippen molar-refractivity contribution in [3.8, 4) is 0 Å². The largest absolute Gasteiger partial charge is 0.294 e. The zero-order valence-electron chi connectivity index (χ0n) is 7.16. The second-order valence-corrected chi connectivity index (χ2v) is 3.51. The summed E-state index contributed by atoms with van der Waals surface area (Å²) in [4.78, 5) is 11.4. The van der Waals surface area contributed by atoms with E-state index < -0.39 is 0 Å². The minimum Gasteiger partial charge on any atom is -0.294 e. The van der Waals surface area contributed by atoms with Gasteiger partial charge in [0, 0.05) is 5.92 Å². The molecule has 0 heterocycles. The van der Waals surface area contributed by atoms with Crippen LogP contribution in [0.25, 0.3) is 0 Å². The SMILES string of the molecule is CC1=CC(=O)C2C=CC=CC1C2. The van der Waals surface area contributed by atoms with E-state index in [1.54, 1.807) is 6.08 Å². The highest BCUT2D eigenvalue weighted by atomic mass is 16.1. The molecular weight excluding hydrogens is 148 g/mol. The molecule has 2 aliphatic carbocycles. The van der Waals surface area contributed by atoms with Gasteiger partial charge in [-0.25, -0.2) is 0 Å². The van der Waals surface area contributed by atoms with Gasteiger partial charge in [-0.3, -0.25) is 4.79 Å². The molecule has 0 spiro atoms. The van der Waals surface area contributed by atoms with Gasteiger partial charge in [-0.15, -0.1) is 0 Å². The van der Waals surface area contributed by atoms with Crippen molar-refractivity contribution in [3.05, 3.63) is 36.0 Å². The Hall–Kier alpha value is -1.11. The molecular formula is C11H12O. The molecule has 2 aliphatic rings. The second-order valence-electron chi connectivity index (χ2n) is 3.51. The fraction of sp³-hybridized carbons (Fsp3) is 0.364. The molecule has 0 amide bonds. The molecule has 0 N–H and O–H groups in total. The van der Waals surface area contributed by atoms with Gasteiger partial charge in [0.05, 0.1) is 0 Å². The highest BCUT2D eigenvalue weighted by Gasteiger charge is 2.25. The van der Waals surface area contributed by atoms with E-state index in [2.05, 4.69) is 6.08 Å². The summed E-state index contributed by atoms with van der Waals surface area (Å²) in [5.74, 6) is 0.889. The lowest BCUT2D eigenvalue weighted by molar-refractivity contribution is -0.117. The molecule has 0 saturated carbocycles. The van der Waals surface area contributed by atoms with Crippen molar-refractivity contribution < 1.29 is 4.79 Å². The summed E-state index contributed by atoms with van der Waals surface area (Å²) in [7, 11) is 0. The van der Waals surface area contributed by atoms with Gasteiger partial charge in [0.15, 0.2) is 5.78 Å². The Balaban J connectivity index is 2.39. The molecule has 1 heteroatoms. The highest BCUT2D eigenvalue weighted by molar-refractivity contribution is 5.94. The van der Waals surface area contributed by atoms with E-state index in [-0.39, 0.29) is 11.7 Å². The van der Waals surface area contributed by atoms with E-state index >= 15 is 0 Å². The van der Waals surface area contributed by atoms with Crippen molar-refractivity contribution in [1.29, 1.82) is 0 Å². The van der Waals surface area contributed by atoms with Crippen LogP contribution < -0.4 is 0 Å². The van der Waals surface area contributed by atoms with Crippen LogP contribution in [0.4, 0.5) is 0 Å². The summed E-state index contributed by atoms with van der Waals surface area (Å²) in [5, 5.41) is 0. The van der Waals surface area contributed by atoms with Crippen LogP contribution in [0.2, 0.25) is 0 Å². The van der Waals surface area contributed by atoms with Crippen LogP contribution in [-0.2, 0) is 4.79 Å². The molecule has 2 bridgehead atoms. The minimum atomic E-state index is 0.133. The molecule has 2 rings (SSSR count). The van der Waals surface area contributed by atoms with Gasteiger partial charge < -0.3 is 0 Å². The summed E-state index contributed by atoms with van der Waals surface area (Å²) in [6.07, 6.45) is 11.0. The first kappa shape index (κ1) is 7.53. The number of fused-ring (bicyclic) bond motifs is 2. The van der Waals surface area contributed by atoms with Crippen molar-refractivity contribution in [2.45, 2.75) is 13.3 Å². The van der Waals surface area contributed by atoms with Crippen LogP contribution in [0.1, 0.15) is 13.3 Å². The number of carbonyl (C=O) groups excluding carboxylic acids is 1. The quantitative estimate of drug-likeness (QED) is 0.531. The number of hydrogen-bond acceptors (Lipinski definition) is 1. The molecule has 0 fully saturated rings. The van der Waals surface area contributed by atoms with Gasteiger partial charge in [0.25, 0.3) is 0 Å². The Bertz CT molecular complexity index is 294. The van der Waals surface area contributed by atoms with Crippen LogP contribution in [0.3, 0.4) is 0 Å². The number of allylic oxidation sites excluding steroid dienone is 6. The number of carbonyl (C=O) groups is 1. The Kier molecular flexibility index (Phi) is 1.72. The lowest BCUT2D eigenvalue weighted by Crippen LogP contribution is -2.19. The number of rotatable bonds is 0. The lowest BCUT2D eigenvalue weighted by atomic mass is 9.82. The first-order valence-electron chi connectivity index (χ1n) is 4.34. The van der Waals surface area contributed by atoms with E-state index in [4.69, 9.17) is 0 Å². The summed E-state index contributed by atoms with van der Waals surface area (Å²) in [6.45, 7) is 2.04. The molecule has 0 saturated heterocycles.